The van der Waals surface area contributed by atoms with Crippen molar-refractivity contribution < 1.29 is 9.18 Å². The Hall–Kier alpha value is -2.91. The topological polar surface area (TPSA) is 68.2 Å². The highest BCUT2D eigenvalue weighted by Crippen LogP contribution is 2.18. The van der Waals surface area contributed by atoms with Crippen molar-refractivity contribution in [3.8, 4) is 6.07 Å². The molecule has 0 aromatic heterocycles. The number of rotatable bonds is 5. The second kappa shape index (κ2) is 8.09. The van der Waals surface area contributed by atoms with Crippen molar-refractivity contribution in [1.29, 1.82) is 5.26 Å². The average molecular weight is 326 g/mol. The lowest BCUT2D eigenvalue weighted by atomic mass is 10.1. The molecule has 0 aliphatic rings. The second-order valence-corrected chi connectivity index (χ2v) is 5.56. The van der Waals surface area contributed by atoms with E-state index in [4.69, 9.17) is 5.26 Å². The molecule has 0 aliphatic carbocycles. The van der Waals surface area contributed by atoms with Crippen LogP contribution >= 0.6 is 0 Å². The maximum atomic E-state index is 13.0. The predicted octanol–water partition coefficient (Wildman–Crippen LogP) is 3.12. The van der Waals surface area contributed by atoms with Crippen molar-refractivity contribution in [3.63, 3.8) is 0 Å². The molecule has 0 spiro atoms. The lowest BCUT2D eigenvalue weighted by Crippen LogP contribution is -2.36. The van der Waals surface area contributed by atoms with Crippen LogP contribution in [0.15, 0.2) is 48.5 Å². The molecule has 2 amide bonds. The smallest absolute Gasteiger partial charge is 0.319 e. The molecule has 0 aliphatic heterocycles. The Morgan fingerprint density at radius 3 is 2.33 bits per heavy atom. The lowest BCUT2D eigenvalue weighted by molar-refractivity contribution is 0.243. The molecule has 0 fully saturated rings. The van der Waals surface area contributed by atoms with Gasteiger partial charge in [-0.25, -0.2) is 9.18 Å². The molecule has 1 atom stereocenters. The molecule has 2 aromatic rings. The molecule has 124 valence electrons. The zero-order chi connectivity index (χ0) is 17.5. The molecule has 24 heavy (non-hydrogen) atoms. The molecular weight excluding hydrogens is 307 g/mol. The Morgan fingerprint density at radius 2 is 1.79 bits per heavy atom. The largest absolute Gasteiger partial charge is 0.336 e. The van der Waals surface area contributed by atoms with Crippen LogP contribution < -0.4 is 10.6 Å². The number of halogens is 1. The minimum atomic E-state index is -0.339. The van der Waals surface area contributed by atoms with Gasteiger partial charge in [-0.3, -0.25) is 0 Å². The maximum Gasteiger partial charge on any atom is 0.319 e. The van der Waals surface area contributed by atoms with Crippen molar-refractivity contribution in [3.05, 3.63) is 65.5 Å². The number of nitriles is 1. The first-order chi connectivity index (χ1) is 11.5. The van der Waals surface area contributed by atoms with Crippen LogP contribution in [0.25, 0.3) is 0 Å². The highest BCUT2D eigenvalue weighted by Gasteiger charge is 2.15. The van der Waals surface area contributed by atoms with E-state index in [-0.39, 0.29) is 17.9 Å². The summed E-state index contributed by atoms with van der Waals surface area (Å²) < 4.78 is 13.0. The van der Waals surface area contributed by atoms with Gasteiger partial charge in [0.1, 0.15) is 5.82 Å². The lowest BCUT2D eigenvalue weighted by Gasteiger charge is -2.25. The van der Waals surface area contributed by atoms with Crippen molar-refractivity contribution >= 4 is 11.7 Å². The number of nitrogens with one attached hydrogen (secondary N) is 2. The monoisotopic (exact) mass is 326 g/mol. The second-order valence-electron chi connectivity index (χ2n) is 5.56. The highest BCUT2D eigenvalue weighted by atomic mass is 19.1. The Bertz CT molecular complexity index is 720. The molecule has 0 saturated carbocycles. The van der Waals surface area contributed by atoms with E-state index < -0.39 is 0 Å². The summed E-state index contributed by atoms with van der Waals surface area (Å²) in [5, 5.41) is 14.3. The van der Waals surface area contributed by atoms with Gasteiger partial charge in [-0.2, -0.15) is 5.26 Å². The number of hydrogen-bond donors (Lipinski definition) is 2. The standard InChI is InChI=1S/C18H19FN4O/c1-23(2)17(14-5-7-15(19)8-6-14)12-21-18(24)22-16-9-3-13(11-20)4-10-16/h3-10,17H,12H2,1-2H3,(H2,21,22,24)/t17-/m1/s1. The number of amides is 2. The molecular formula is C18H19FN4O. The van der Waals surface area contributed by atoms with E-state index in [1.165, 1.54) is 12.1 Å². The van der Waals surface area contributed by atoms with E-state index in [9.17, 15) is 9.18 Å². The van der Waals surface area contributed by atoms with Crippen LogP contribution in [0, 0.1) is 17.1 Å². The molecule has 0 radical (unpaired) electrons. The van der Waals surface area contributed by atoms with Crippen molar-refractivity contribution in [1.82, 2.24) is 10.2 Å². The van der Waals surface area contributed by atoms with Gasteiger partial charge in [0.25, 0.3) is 0 Å². The third kappa shape index (κ3) is 4.80. The number of nitrogens with zero attached hydrogens (tertiary/aromatic N) is 2. The molecule has 2 N–H and O–H groups in total. The van der Waals surface area contributed by atoms with E-state index in [1.54, 1.807) is 36.4 Å². The van der Waals surface area contributed by atoms with Crippen LogP contribution in [0.2, 0.25) is 0 Å². The van der Waals surface area contributed by atoms with Gasteiger partial charge in [0.2, 0.25) is 0 Å². The first kappa shape index (κ1) is 17.4. The van der Waals surface area contributed by atoms with Gasteiger partial charge in [-0.15, -0.1) is 0 Å². The number of carbonyl (C=O) groups is 1. The highest BCUT2D eigenvalue weighted by molar-refractivity contribution is 5.89. The summed E-state index contributed by atoms with van der Waals surface area (Å²) in [5.41, 5.74) is 2.06. The number of benzene rings is 2. The minimum Gasteiger partial charge on any atom is -0.336 e. The first-order valence-corrected chi connectivity index (χ1v) is 7.46. The van der Waals surface area contributed by atoms with E-state index >= 15 is 0 Å². The van der Waals surface area contributed by atoms with Crippen LogP contribution in [0.4, 0.5) is 14.9 Å². The van der Waals surface area contributed by atoms with Crippen LogP contribution in [-0.2, 0) is 0 Å². The van der Waals surface area contributed by atoms with Crippen LogP contribution in [0.5, 0.6) is 0 Å². The molecule has 6 heteroatoms. The Balaban J connectivity index is 1.94. The zero-order valence-electron chi connectivity index (χ0n) is 13.6. The number of urea groups is 1. The number of anilines is 1. The van der Waals surface area contributed by atoms with E-state index in [1.807, 2.05) is 25.1 Å². The molecule has 0 unspecified atom stereocenters. The Morgan fingerprint density at radius 1 is 1.17 bits per heavy atom. The zero-order valence-corrected chi connectivity index (χ0v) is 13.6. The quantitative estimate of drug-likeness (QED) is 0.887. The van der Waals surface area contributed by atoms with Crippen LogP contribution in [0.1, 0.15) is 17.2 Å². The fourth-order valence-electron chi connectivity index (χ4n) is 2.28. The summed E-state index contributed by atoms with van der Waals surface area (Å²) in [7, 11) is 3.79. The van der Waals surface area contributed by atoms with Crippen LogP contribution in [0.3, 0.4) is 0 Å². The first-order valence-electron chi connectivity index (χ1n) is 7.46. The van der Waals surface area contributed by atoms with Crippen molar-refractivity contribution in [2.45, 2.75) is 6.04 Å². The molecule has 0 saturated heterocycles. The number of hydrogen-bond acceptors (Lipinski definition) is 3. The number of likely N-dealkylation sites (N-methyl/N-ethyl adjacent to an activating group) is 1. The fraction of sp³-hybridized carbons (Fsp3) is 0.222. The fourth-order valence-corrected chi connectivity index (χ4v) is 2.28. The summed E-state index contributed by atoms with van der Waals surface area (Å²) >= 11 is 0. The number of carbonyl (C=O) groups excluding carboxylic acids is 1. The Kier molecular flexibility index (Phi) is 5.88. The van der Waals surface area contributed by atoms with Gasteiger partial charge in [0.15, 0.2) is 0 Å². The van der Waals surface area contributed by atoms with E-state index in [0.29, 0.717) is 17.8 Å². The molecule has 5 nitrogen and oxygen atoms in total. The summed E-state index contributed by atoms with van der Waals surface area (Å²) in [6, 6.07) is 14.4. The van der Waals surface area contributed by atoms with Gasteiger partial charge in [0.05, 0.1) is 17.7 Å². The van der Waals surface area contributed by atoms with Crippen molar-refractivity contribution in [2.75, 3.05) is 26.0 Å². The third-order valence-electron chi connectivity index (χ3n) is 3.61. The summed E-state index contributed by atoms with van der Waals surface area (Å²) in [6.07, 6.45) is 0. The van der Waals surface area contributed by atoms with E-state index in [0.717, 1.165) is 5.56 Å². The van der Waals surface area contributed by atoms with E-state index in [2.05, 4.69) is 10.6 Å². The third-order valence-corrected chi connectivity index (χ3v) is 3.61. The van der Waals surface area contributed by atoms with Gasteiger partial charge >= 0.3 is 6.03 Å². The molecule has 0 heterocycles. The average Bonchev–Trinajstić information content (AvgIpc) is 2.57. The van der Waals surface area contributed by atoms with Crippen molar-refractivity contribution in [2.24, 2.45) is 0 Å². The van der Waals surface area contributed by atoms with Gasteiger partial charge in [-0.05, 0) is 56.1 Å². The maximum absolute atomic E-state index is 13.0. The molecule has 0 bridgehead atoms. The van der Waals surface area contributed by atoms with Gasteiger partial charge in [0, 0.05) is 12.2 Å². The van der Waals surface area contributed by atoms with Gasteiger partial charge in [-0.1, -0.05) is 12.1 Å². The predicted molar refractivity (Wildman–Crippen MR) is 91.0 cm³/mol. The van der Waals surface area contributed by atoms with Gasteiger partial charge < -0.3 is 15.5 Å². The molecule has 2 rings (SSSR count). The summed E-state index contributed by atoms with van der Waals surface area (Å²) in [4.78, 5) is 14.0. The SMILES string of the molecule is CN(C)[C@H](CNC(=O)Nc1ccc(C#N)cc1)c1ccc(F)cc1. The summed E-state index contributed by atoms with van der Waals surface area (Å²) in [6.45, 7) is 0.376. The summed E-state index contributed by atoms with van der Waals surface area (Å²) in [5.74, 6) is -0.289. The Labute approximate surface area is 140 Å². The molecule has 2 aromatic carbocycles. The normalized spacial score (nSPS) is 11.6. The van der Waals surface area contributed by atoms with Crippen LogP contribution in [-0.4, -0.2) is 31.6 Å². The minimum absolute atomic E-state index is 0.0719.